The van der Waals surface area contributed by atoms with Gasteiger partial charge in [-0.1, -0.05) is 24.3 Å². The van der Waals surface area contributed by atoms with Crippen LogP contribution in [0.3, 0.4) is 0 Å². The molecular formula is C29H29NO5. The summed E-state index contributed by atoms with van der Waals surface area (Å²) in [5.74, 6) is -0.303. The second-order valence-electron chi connectivity index (χ2n) is 8.87. The predicted octanol–water partition coefficient (Wildman–Crippen LogP) is 5.73. The molecule has 0 saturated carbocycles. The second-order valence-corrected chi connectivity index (χ2v) is 8.87. The van der Waals surface area contributed by atoms with Crippen LogP contribution in [0.1, 0.15) is 42.1 Å². The topological polar surface area (TPSA) is 76.1 Å². The fourth-order valence-corrected chi connectivity index (χ4v) is 4.37. The van der Waals surface area contributed by atoms with Crippen LogP contribution in [0.15, 0.2) is 72.3 Å². The van der Waals surface area contributed by atoms with Crippen LogP contribution in [0.25, 0.3) is 5.76 Å². The van der Waals surface area contributed by atoms with E-state index < -0.39 is 17.7 Å². The van der Waals surface area contributed by atoms with Gasteiger partial charge in [0.15, 0.2) is 0 Å². The molecule has 3 aromatic rings. The molecule has 180 valence electrons. The SMILES string of the molecule is COc1ccc(N2C(=O)C(=O)/C(=C(/O)c3ccc(OC(C)C)c(C)c3)C2c2ccccc2C)cc1. The van der Waals surface area contributed by atoms with Gasteiger partial charge in [0.2, 0.25) is 0 Å². The molecule has 1 aliphatic rings. The summed E-state index contributed by atoms with van der Waals surface area (Å²) in [5.41, 5.74) is 3.53. The average Bonchev–Trinajstić information content (AvgIpc) is 3.10. The van der Waals surface area contributed by atoms with Gasteiger partial charge in [-0.2, -0.15) is 0 Å². The van der Waals surface area contributed by atoms with Gasteiger partial charge in [0.1, 0.15) is 17.3 Å². The first kappa shape index (κ1) is 24.1. The molecule has 0 bridgehead atoms. The van der Waals surface area contributed by atoms with Crippen molar-refractivity contribution in [3.63, 3.8) is 0 Å². The number of anilines is 1. The first-order valence-corrected chi connectivity index (χ1v) is 11.5. The highest BCUT2D eigenvalue weighted by atomic mass is 16.5. The molecule has 0 aliphatic carbocycles. The average molecular weight is 472 g/mol. The summed E-state index contributed by atoms with van der Waals surface area (Å²) in [6.07, 6.45) is 0.00373. The van der Waals surface area contributed by atoms with E-state index >= 15 is 0 Å². The number of ether oxygens (including phenoxy) is 2. The number of nitrogens with zero attached hydrogens (tertiary/aromatic N) is 1. The molecule has 1 amide bonds. The molecule has 1 N–H and O–H groups in total. The van der Waals surface area contributed by atoms with Crippen LogP contribution >= 0.6 is 0 Å². The zero-order chi connectivity index (χ0) is 25.3. The number of methoxy groups -OCH3 is 1. The molecule has 1 aliphatic heterocycles. The lowest BCUT2D eigenvalue weighted by Crippen LogP contribution is -2.29. The van der Waals surface area contributed by atoms with E-state index in [1.54, 1.807) is 49.6 Å². The van der Waals surface area contributed by atoms with E-state index in [1.165, 1.54) is 4.90 Å². The highest BCUT2D eigenvalue weighted by Gasteiger charge is 2.47. The molecule has 0 aromatic heterocycles. The third-order valence-corrected chi connectivity index (χ3v) is 6.09. The van der Waals surface area contributed by atoms with E-state index in [0.717, 1.165) is 16.7 Å². The van der Waals surface area contributed by atoms with Crippen molar-refractivity contribution in [3.8, 4) is 11.5 Å². The van der Waals surface area contributed by atoms with E-state index in [1.807, 2.05) is 52.0 Å². The summed E-state index contributed by atoms with van der Waals surface area (Å²) in [5, 5.41) is 11.4. The fourth-order valence-electron chi connectivity index (χ4n) is 4.37. The summed E-state index contributed by atoms with van der Waals surface area (Å²) in [4.78, 5) is 28.1. The Morgan fingerprint density at radius 3 is 2.23 bits per heavy atom. The van der Waals surface area contributed by atoms with Gasteiger partial charge in [0, 0.05) is 11.3 Å². The van der Waals surface area contributed by atoms with Crippen LogP contribution in [0.2, 0.25) is 0 Å². The number of aliphatic hydroxyl groups is 1. The number of hydrogen-bond acceptors (Lipinski definition) is 5. The maximum absolute atomic E-state index is 13.4. The number of hydrogen-bond donors (Lipinski definition) is 1. The Morgan fingerprint density at radius 2 is 1.63 bits per heavy atom. The highest BCUT2D eigenvalue weighted by Crippen LogP contribution is 2.43. The predicted molar refractivity (Wildman–Crippen MR) is 136 cm³/mol. The van der Waals surface area contributed by atoms with Crippen molar-refractivity contribution in [2.75, 3.05) is 12.0 Å². The number of aryl methyl sites for hydroxylation is 2. The largest absolute Gasteiger partial charge is 0.507 e. The van der Waals surface area contributed by atoms with E-state index in [-0.39, 0.29) is 17.4 Å². The Hall–Kier alpha value is -4.06. The Balaban J connectivity index is 1.89. The Labute approximate surface area is 205 Å². The Kier molecular flexibility index (Phi) is 6.65. The summed E-state index contributed by atoms with van der Waals surface area (Å²) >= 11 is 0. The quantitative estimate of drug-likeness (QED) is 0.282. The van der Waals surface area contributed by atoms with Gasteiger partial charge in [-0.05, 0) is 86.8 Å². The van der Waals surface area contributed by atoms with Crippen molar-refractivity contribution in [2.24, 2.45) is 0 Å². The number of carbonyl (C=O) groups is 2. The summed E-state index contributed by atoms with van der Waals surface area (Å²) in [6.45, 7) is 7.68. The van der Waals surface area contributed by atoms with Crippen LogP contribution in [-0.4, -0.2) is 30.0 Å². The van der Waals surface area contributed by atoms with E-state index in [2.05, 4.69) is 0 Å². The van der Waals surface area contributed by atoms with Gasteiger partial charge in [0.25, 0.3) is 11.7 Å². The summed E-state index contributed by atoms with van der Waals surface area (Å²) in [7, 11) is 1.56. The molecule has 1 unspecified atom stereocenters. The monoisotopic (exact) mass is 471 g/mol. The van der Waals surface area contributed by atoms with Crippen molar-refractivity contribution >= 4 is 23.1 Å². The van der Waals surface area contributed by atoms with Crippen molar-refractivity contribution in [2.45, 2.75) is 39.8 Å². The molecule has 0 spiro atoms. The minimum Gasteiger partial charge on any atom is -0.507 e. The lowest BCUT2D eigenvalue weighted by Gasteiger charge is -2.26. The van der Waals surface area contributed by atoms with E-state index in [0.29, 0.717) is 22.7 Å². The van der Waals surface area contributed by atoms with Gasteiger partial charge in [-0.3, -0.25) is 14.5 Å². The number of benzene rings is 3. The van der Waals surface area contributed by atoms with Crippen LogP contribution in [0, 0.1) is 13.8 Å². The van der Waals surface area contributed by atoms with Crippen LogP contribution in [-0.2, 0) is 9.59 Å². The maximum atomic E-state index is 13.4. The first-order valence-electron chi connectivity index (χ1n) is 11.5. The van der Waals surface area contributed by atoms with Gasteiger partial charge in [0.05, 0.1) is 24.8 Å². The summed E-state index contributed by atoms with van der Waals surface area (Å²) < 4.78 is 11.0. The zero-order valence-corrected chi connectivity index (χ0v) is 20.5. The molecule has 1 saturated heterocycles. The fraction of sp³-hybridized carbons (Fsp3) is 0.241. The molecule has 35 heavy (non-hydrogen) atoms. The minimum atomic E-state index is -0.781. The summed E-state index contributed by atoms with van der Waals surface area (Å²) in [6, 6.07) is 19.0. The number of amides is 1. The third-order valence-electron chi connectivity index (χ3n) is 6.09. The number of carbonyl (C=O) groups excluding carboxylic acids is 2. The van der Waals surface area contributed by atoms with Crippen LogP contribution in [0.4, 0.5) is 5.69 Å². The van der Waals surface area contributed by atoms with Crippen molar-refractivity contribution in [1.29, 1.82) is 0 Å². The molecule has 1 heterocycles. The molecule has 1 atom stereocenters. The van der Waals surface area contributed by atoms with Crippen LogP contribution < -0.4 is 14.4 Å². The van der Waals surface area contributed by atoms with Crippen LogP contribution in [0.5, 0.6) is 11.5 Å². The lowest BCUT2D eigenvalue weighted by molar-refractivity contribution is -0.132. The second kappa shape index (κ2) is 9.66. The minimum absolute atomic E-state index is 0.00373. The van der Waals surface area contributed by atoms with Gasteiger partial charge in [-0.25, -0.2) is 0 Å². The van der Waals surface area contributed by atoms with Crippen molar-refractivity contribution < 1.29 is 24.2 Å². The van der Waals surface area contributed by atoms with Gasteiger partial charge in [-0.15, -0.1) is 0 Å². The lowest BCUT2D eigenvalue weighted by atomic mass is 9.92. The highest BCUT2D eigenvalue weighted by molar-refractivity contribution is 6.51. The molecular weight excluding hydrogens is 442 g/mol. The number of ketones is 1. The van der Waals surface area contributed by atoms with Gasteiger partial charge < -0.3 is 14.6 Å². The molecule has 6 heteroatoms. The number of Topliss-reactive ketones (excluding diaryl/α,β-unsaturated/α-hetero) is 1. The number of rotatable bonds is 6. The third kappa shape index (κ3) is 4.52. The van der Waals surface area contributed by atoms with Crippen molar-refractivity contribution in [1.82, 2.24) is 0 Å². The normalized spacial score (nSPS) is 17.2. The molecule has 3 aromatic carbocycles. The smallest absolute Gasteiger partial charge is 0.300 e. The Bertz CT molecular complexity index is 1310. The maximum Gasteiger partial charge on any atom is 0.300 e. The molecule has 4 rings (SSSR count). The first-order chi connectivity index (χ1) is 16.7. The number of aliphatic hydroxyl groups excluding tert-OH is 1. The standard InChI is InChI=1S/C29H29NO5/c1-17(2)35-24-15-10-20(16-19(24)4)27(31)25-26(23-9-7-6-8-18(23)3)30(29(33)28(25)32)21-11-13-22(34-5)14-12-21/h6-17,26,31H,1-5H3/b27-25+. The van der Waals surface area contributed by atoms with E-state index in [4.69, 9.17) is 9.47 Å². The molecule has 6 nitrogen and oxygen atoms in total. The Morgan fingerprint density at radius 1 is 0.943 bits per heavy atom. The molecule has 0 radical (unpaired) electrons. The zero-order valence-electron chi connectivity index (χ0n) is 20.5. The van der Waals surface area contributed by atoms with E-state index in [9.17, 15) is 14.7 Å². The van der Waals surface area contributed by atoms with Crippen molar-refractivity contribution in [3.05, 3.63) is 94.6 Å². The molecule has 1 fully saturated rings. The van der Waals surface area contributed by atoms with Gasteiger partial charge >= 0.3 is 0 Å².